The van der Waals surface area contributed by atoms with E-state index in [1.807, 2.05) is 16.6 Å². The first kappa shape index (κ1) is 8.15. The minimum absolute atomic E-state index is 0.134. The first-order valence-corrected chi connectivity index (χ1v) is 7.93. The molecule has 0 fully saturated rings. The van der Waals surface area contributed by atoms with Crippen LogP contribution in [0.1, 0.15) is 13.8 Å². The molecule has 0 radical (unpaired) electrons. The van der Waals surface area contributed by atoms with Crippen LogP contribution in [-0.2, 0) is 32.5 Å². The van der Waals surface area contributed by atoms with E-state index in [1.165, 1.54) is 6.92 Å². The molecular formula is C5H8HgO2. The van der Waals surface area contributed by atoms with Crippen molar-refractivity contribution in [2.45, 2.75) is 13.8 Å². The van der Waals surface area contributed by atoms with Crippen molar-refractivity contribution in [3.8, 4) is 0 Å². The molecule has 0 heterocycles. The fourth-order valence-corrected chi connectivity index (χ4v) is 2.30. The van der Waals surface area contributed by atoms with E-state index >= 15 is 0 Å². The maximum atomic E-state index is 10.1. The Morgan fingerprint density at radius 2 is 2.38 bits per heavy atom. The van der Waals surface area contributed by atoms with Crippen LogP contribution >= 0.6 is 0 Å². The van der Waals surface area contributed by atoms with Crippen molar-refractivity contribution < 1.29 is 32.5 Å². The Labute approximate surface area is 62.0 Å². The van der Waals surface area contributed by atoms with Crippen LogP contribution in [0.2, 0.25) is 0 Å². The number of carbonyl (C=O) groups is 1. The Morgan fingerprint density at radius 1 is 1.75 bits per heavy atom. The molecule has 0 unspecified atom stereocenters. The van der Waals surface area contributed by atoms with Crippen LogP contribution in [0.25, 0.3) is 0 Å². The van der Waals surface area contributed by atoms with Crippen molar-refractivity contribution in [3.63, 3.8) is 0 Å². The van der Waals surface area contributed by atoms with E-state index < -0.39 is 25.0 Å². The molecule has 0 spiro atoms. The Balaban J connectivity index is 3.05. The molecule has 0 atom stereocenters. The summed E-state index contributed by atoms with van der Waals surface area (Å²) < 4.78 is 6.78. The summed E-state index contributed by atoms with van der Waals surface area (Å²) in [7, 11) is 0. The van der Waals surface area contributed by atoms with Gasteiger partial charge in [-0.05, 0) is 0 Å². The Hall–Kier alpha value is 0.145. The molecule has 0 aliphatic heterocycles. The van der Waals surface area contributed by atoms with Gasteiger partial charge in [0.15, 0.2) is 0 Å². The van der Waals surface area contributed by atoms with Crippen molar-refractivity contribution in [1.29, 1.82) is 0 Å². The number of hydrogen-bond acceptors (Lipinski definition) is 2. The zero-order valence-corrected chi connectivity index (χ0v) is 10.7. The molecule has 42 valence electrons. The standard InChI is InChI=1S/C3H5.C2H4O2.Hg/c1-3-2;1-2(3)4;/h1,3H,2H3;1H3,(H,3,4);/q;;+1/p-1. The van der Waals surface area contributed by atoms with Crippen LogP contribution in [0.4, 0.5) is 0 Å². The first-order chi connectivity index (χ1) is 3.77. The van der Waals surface area contributed by atoms with Crippen LogP contribution in [-0.4, -0.2) is 5.97 Å². The van der Waals surface area contributed by atoms with Gasteiger partial charge in [0.2, 0.25) is 0 Å². The summed E-state index contributed by atoms with van der Waals surface area (Å²) >= 11 is -1.30. The average molecular weight is 301 g/mol. The Morgan fingerprint density at radius 3 is 2.75 bits per heavy atom. The second-order valence-electron chi connectivity index (χ2n) is 1.37. The Bertz CT molecular complexity index is 98.6. The van der Waals surface area contributed by atoms with Crippen molar-refractivity contribution in [3.05, 3.63) is 9.66 Å². The molecule has 0 rings (SSSR count). The molecule has 0 aliphatic carbocycles. The molecule has 8 heavy (non-hydrogen) atoms. The molecule has 0 N–H and O–H groups in total. The molecular weight excluding hydrogens is 293 g/mol. The summed E-state index contributed by atoms with van der Waals surface area (Å²) in [6, 6.07) is 0. The van der Waals surface area contributed by atoms with Gasteiger partial charge in [-0.2, -0.15) is 0 Å². The number of allylic oxidation sites excluding steroid dienone is 1. The first-order valence-electron chi connectivity index (χ1n) is 2.52. The molecule has 0 aliphatic rings. The number of rotatable bonds is 2. The molecule has 0 amide bonds. The normalized spacial score (nSPS) is 8.75. The van der Waals surface area contributed by atoms with Crippen molar-refractivity contribution in [1.82, 2.24) is 0 Å². The van der Waals surface area contributed by atoms with E-state index in [0.29, 0.717) is 0 Å². The summed E-state index contributed by atoms with van der Waals surface area (Å²) in [6.07, 6.45) is 1.94. The topological polar surface area (TPSA) is 26.3 Å². The van der Waals surface area contributed by atoms with E-state index in [4.69, 9.17) is 2.64 Å². The summed E-state index contributed by atoms with van der Waals surface area (Å²) in [5, 5.41) is 0. The zero-order chi connectivity index (χ0) is 6.41. The molecule has 2 nitrogen and oxygen atoms in total. The van der Waals surface area contributed by atoms with Gasteiger partial charge in [0.1, 0.15) is 0 Å². The van der Waals surface area contributed by atoms with Crippen molar-refractivity contribution >= 4 is 5.97 Å². The van der Waals surface area contributed by atoms with Crippen LogP contribution in [0.15, 0.2) is 9.66 Å². The number of hydrogen-bond donors (Lipinski definition) is 0. The fourth-order valence-electron chi connectivity index (χ4n) is 0.262. The van der Waals surface area contributed by atoms with Gasteiger partial charge < -0.3 is 0 Å². The monoisotopic (exact) mass is 302 g/mol. The second-order valence-corrected chi connectivity index (χ2v) is 5.62. The van der Waals surface area contributed by atoms with Gasteiger partial charge in [-0.15, -0.1) is 0 Å². The van der Waals surface area contributed by atoms with Gasteiger partial charge in [-0.1, -0.05) is 0 Å². The van der Waals surface area contributed by atoms with Gasteiger partial charge in [-0.25, -0.2) is 0 Å². The van der Waals surface area contributed by atoms with Crippen LogP contribution < -0.4 is 0 Å². The van der Waals surface area contributed by atoms with E-state index in [-0.39, 0.29) is 5.97 Å². The minimum atomic E-state index is -1.30. The SMILES string of the molecule is C/C=[CH]/[Hg][O]C(C)=O. The zero-order valence-electron chi connectivity index (χ0n) is 5.18. The van der Waals surface area contributed by atoms with Gasteiger partial charge >= 0.3 is 61.9 Å². The summed E-state index contributed by atoms with van der Waals surface area (Å²) in [6.45, 7) is 3.38. The molecule has 0 aromatic carbocycles. The van der Waals surface area contributed by atoms with E-state index in [1.54, 1.807) is 0 Å². The third-order valence-corrected chi connectivity index (χ3v) is 5.43. The quantitative estimate of drug-likeness (QED) is 0.714. The van der Waals surface area contributed by atoms with E-state index in [9.17, 15) is 4.79 Å². The van der Waals surface area contributed by atoms with Gasteiger partial charge in [0.05, 0.1) is 0 Å². The molecule has 0 saturated heterocycles. The van der Waals surface area contributed by atoms with E-state index in [2.05, 4.69) is 0 Å². The van der Waals surface area contributed by atoms with Crippen LogP contribution in [0.3, 0.4) is 0 Å². The third kappa shape index (κ3) is 6.15. The third-order valence-electron chi connectivity index (χ3n) is 0.619. The van der Waals surface area contributed by atoms with Crippen LogP contribution in [0, 0.1) is 0 Å². The summed E-state index contributed by atoms with van der Waals surface area (Å²) in [4.78, 5) is 10.1. The maximum absolute atomic E-state index is 10.1. The fraction of sp³-hybridized carbons (Fsp3) is 0.400. The Kier molecular flexibility index (Phi) is 5.38. The van der Waals surface area contributed by atoms with Gasteiger partial charge in [0, 0.05) is 0 Å². The molecule has 3 heteroatoms. The molecule has 0 aromatic rings. The van der Waals surface area contributed by atoms with Gasteiger partial charge in [0.25, 0.3) is 0 Å². The molecule has 0 bridgehead atoms. The molecule has 0 aromatic heterocycles. The predicted octanol–water partition coefficient (Wildman–Crippen LogP) is 1.08. The summed E-state index contributed by atoms with van der Waals surface area (Å²) in [5.41, 5.74) is 0. The van der Waals surface area contributed by atoms with E-state index in [0.717, 1.165) is 0 Å². The summed E-state index contributed by atoms with van der Waals surface area (Å²) in [5.74, 6) is -0.134. The average Bonchev–Trinajstić information content (AvgIpc) is 1.66. The predicted molar refractivity (Wildman–Crippen MR) is 26.6 cm³/mol. The van der Waals surface area contributed by atoms with Crippen molar-refractivity contribution in [2.75, 3.05) is 0 Å². The molecule has 0 saturated carbocycles. The van der Waals surface area contributed by atoms with Crippen LogP contribution in [0.5, 0.6) is 0 Å². The number of carbonyl (C=O) groups excluding carboxylic acids is 1. The van der Waals surface area contributed by atoms with Gasteiger partial charge in [-0.3, -0.25) is 0 Å². The van der Waals surface area contributed by atoms with Crippen molar-refractivity contribution in [2.24, 2.45) is 0 Å². The second kappa shape index (κ2) is 5.29.